The van der Waals surface area contributed by atoms with Gasteiger partial charge in [-0.05, 0) is 199 Å². The van der Waals surface area contributed by atoms with Gasteiger partial charge in [0.25, 0.3) is 6.71 Å². The van der Waals surface area contributed by atoms with Crippen molar-refractivity contribution in [2.24, 2.45) is 0 Å². The van der Waals surface area contributed by atoms with E-state index in [9.17, 15) is 0 Å². The van der Waals surface area contributed by atoms with E-state index in [0.717, 1.165) is 36.3 Å². The summed E-state index contributed by atoms with van der Waals surface area (Å²) in [5.41, 5.74) is 27.4. The zero-order valence-corrected chi connectivity index (χ0v) is 45.6. The summed E-state index contributed by atoms with van der Waals surface area (Å²) in [6, 6.07) is 62.9. The minimum atomic E-state index is -0.142. The van der Waals surface area contributed by atoms with Gasteiger partial charge in [0.15, 0.2) is 0 Å². The first-order chi connectivity index (χ1) is 34.6. The predicted octanol–water partition coefficient (Wildman–Crippen LogP) is 17.1. The van der Waals surface area contributed by atoms with Crippen molar-refractivity contribution in [1.29, 1.82) is 0 Å². The van der Waals surface area contributed by atoms with Crippen molar-refractivity contribution in [1.82, 2.24) is 0 Å². The third kappa shape index (κ3) is 7.52. The molecule has 0 atom stereocenters. The number of anilines is 9. The van der Waals surface area contributed by atoms with E-state index in [0.29, 0.717) is 0 Å². The van der Waals surface area contributed by atoms with Crippen LogP contribution in [0.1, 0.15) is 134 Å². The molecule has 4 heteroatoms. The van der Waals surface area contributed by atoms with E-state index in [1.54, 1.807) is 0 Å². The molecule has 73 heavy (non-hydrogen) atoms. The maximum Gasteiger partial charge on any atom is 0.252 e. The summed E-state index contributed by atoms with van der Waals surface area (Å²) < 4.78 is 0. The minimum absolute atomic E-state index is 0.0147. The number of para-hydroxylation sites is 2. The normalized spacial score (nSPS) is 17.3. The Morgan fingerprint density at radius 1 is 0.411 bits per heavy atom. The second kappa shape index (κ2) is 16.4. The Morgan fingerprint density at radius 3 is 1.49 bits per heavy atom. The lowest BCUT2D eigenvalue weighted by molar-refractivity contribution is 0.332. The average Bonchev–Trinajstić information content (AvgIpc) is 3.54. The number of benzene rings is 8. The van der Waals surface area contributed by atoms with Crippen molar-refractivity contribution in [2.75, 3.05) is 14.7 Å². The zero-order valence-electron chi connectivity index (χ0n) is 45.6. The lowest BCUT2D eigenvalue weighted by Gasteiger charge is -2.48. The molecule has 0 fully saturated rings. The summed E-state index contributed by atoms with van der Waals surface area (Å²) in [5.74, 6) is 0. The van der Waals surface area contributed by atoms with Gasteiger partial charge in [-0.2, -0.15) is 0 Å². The molecule has 0 spiro atoms. The SMILES string of the molecule is Cc1ccc(-c2ccccc2)cc1N1c2ccc(N(c3ccccc3)c3ccccc3)cc2B2c3cc4c(cc3N(c3cc5c(cc3C)C(C)(C)CC5(C)C)c3cc(C(C)(C)C)cc1c32)C(C)(C)CCC4(C)C. The average molecular weight is 954 g/mol. The van der Waals surface area contributed by atoms with Crippen molar-refractivity contribution >= 4 is 74.3 Å². The monoisotopic (exact) mass is 954 g/mol. The van der Waals surface area contributed by atoms with Crippen LogP contribution in [0.15, 0.2) is 164 Å². The Hall–Kier alpha value is -6.78. The summed E-state index contributed by atoms with van der Waals surface area (Å²) in [6.07, 6.45) is 3.43. The van der Waals surface area contributed by atoms with E-state index >= 15 is 0 Å². The Bertz CT molecular complexity index is 3460. The second-order valence-corrected chi connectivity index (χ2v) is 25.8. The molecule has 0 saturated heterocycles. The highest BCUT2D eigenvalue weighted by Crippen LogP contribution is 2.55. The summed E-state index contributed by atoms with van der Waals surface area (Å²) in [5, 5.41) is 0. The first-order valence-electron chi connectivity index (χ1n) is 27.0. The van der Waals surface area contributed by atoms with Gasteiger partial charge in [-0.25, -0.2) is 0 Å². The van der Waals surface area contributed by atoms with Gasteiger partial charge in [-0.1, -0.05) is 167 Å². The minimum Gasteiger partial charge on any atom is -0.311 e. The molecule has 2 aliphatic carbocycles. The van der Waals surface area contributed by atoms with E-state index in [4.69, 9.17) is 0 Å². The maximum atomic E-state index is 2.75. The molecule has 0 saturated carbocycles. The van der Waals surface area contributed by atoms with Crippen LogP contribution in [0.3, 0.4) is 0 Å². The van der Waals surface area contributed by atoms with E-state index < -0.39 is 0 Å². The van der Waals surface area contributed by atoms with Gasteiger partial charge in [0.2, 0.25) is 0 Å². The van der Waals surface area contributed by atoms with E-state index in [1.165, 1.54) is 101 Å². The second-order valence-electron chi connectivity index (χ2n) is 25.8. The van der Waals surface area contributed by atoms with Crippen molar-refractivity contribution < 1.29 is 0 Å². The Morgan fingerprint density at radius 2 is 0.904 bits per heavy atom. The molecule has 3 nitrogen and oxygen atoms in total. The number of fused-ring (bicyclic) bond motifs is 6. The van der Waals surface area contributed by atoms with Crippen molar-refractivity contribution in [3.8, 4) is 11.1 Å². The van der Waals surface area contributed by atoms with Crippen LogP contribution in [-0.4, -0.2) is 6.71 Å². The molecule has 0 aromatic heterocycles. The first kappa shape index (κ1) is 47.2. The van der Waals surface area contributed by atoms with Gasteiger partial charge >= 0.3 is 0 Å². The van der Waals surface area contributed by atoms with Crippen molar-refractivity contribution in [3.63, 3.8) is 0 Å². The number of nitrogens with zero attached hydrogens (tertiary/aromatic N) is 3. The summed E-state index contributed by atoms with van der Waals surface area (Å²) >= 11 is 0. The molecular weight excluding hydrogens is 882 g/mol. The first-order valence-corrected chi connectivity index (χ1v) is 27.0. The Labute approximate surface area is 437 Å². The summed E-state index contributed by atoms with van der Waals surface area (Å²) in [7, 11) is 0. The van der Waals surface area contributed by atoms with Gasteiger partial charge in [0.1, 0.15) is 0 Å². The van der Waals surface area contributed by atoms with E-state index in [2.05, 4.69) is 269 Å². The fourth-order valence-electron chi connectivity index (χ4n) is 13.8. The molecule has 8 aromatic carbocycles. The highest BCUT2D eigenvalue weighted by Gasteiger charge is 2.49. The van der Waals surface area contributed by atoms with Crippen LogP contribution in [0, 0.1) is 13.8 Å². The van der Waals surface area contributed by atoms with Crippen LogP contribution >= 0.6 is 0 Å². The van der Waals surface area contributed by atoms with Crippen LogP contribution in [0.2, 0.25) is 0 Å². The quantitative estimate of drug-likeness (QED) is 0.154. The molecule has 0 unspecified atom stereocenters. The van der Waals surface area contributed by atoms with Crippen LogP contribution in [0.5, 0.6) is 0 Å². The van der Waals surface area contributed by atoms with Gasteiger partial charge in [-0.3, -0.25) is 0 Å². The van der Waals surface area contributed by atoms with Crippen molar-refractivity contribution in [2.45, 2.75) is 136 Å². The third-order valence-corrected chi connectivity index (χ3v) is 17.7. The fourth-order valence-corrected chi connectivity index (χ4v) is 13.8. The highest BCUT2D eigenvalue weighted by molar-refractivity contribution is 7.00. The molecular formula is C69H72BN3. The molecule has 12 rings (SSSR count). The number of hydrogen-bond acceptors (Lipinski definition) is 3. The molecule has 366 valence electrons. The van der Waals surface area contributed by atoms with Gasteiger partial charge < -0.3 is 14.7 Å². The van der Waals surface area contributed by atoms with Crippen molar-refractivity contribution in [3.05, 3.63) is 203 Å². The molecule has 2 aliphatic heterocycles. The summed E-state index contributed by atoms with van der Waals surface area (Å²) in [4.78, 5) is 7.84. The smallest absolute Gasteiger partial charge is 0.252 e. The molecule has 0 bridgehead atoms. The molecule has 4 aliphatic rings. The van der Waals surface area contributed by atoms with Gasteiger partial charge in [0.05, 0.1) is 0 Å². The van der Waals surface area contributed by atoms with E-state index in [-0.39, 0.29) is 33.8 Å². The van der Waals surface area contributed by atoms with Crippen LogP contribution in [-0.2, 0) is 27.1 Å². The largest absolute Gasteiger partial charge is 0.311 e. The summed E-state index contributed by atoms with van der Waals surface area (Å²) in [6.45, 7) is 31.6. The molecule has 8 aromatic rings. The number of rotatable bonds is 6. The highest BCUT2D eigenvalue weighted by atomic mass is 15.2. The number of aryl methyl sites for hydroxylation is 2. The van der Waals surface area contributed by atoms with Crippen LogP contribution in [0.4, 0.5) is 51.2 Å². The van der Waals surface area contributed by atoms with E-state index in [1.807, 2.05) is 0 Å². The Kier molecular flexibility index (Phi) is 10.6. The standard InChI is InChI=1S/C69H72BN3/c1-44-29-30-47(46-23-17-14-18-24-46)36-59(44)72-58-32-31-51(71(49-25-19-15-20-26-49)50-27-21-16-22-28-50)39-56(58)70-57-40-53-54(67(8,9)34-33-66(53,6)7)42-61(57)73(63-38-48(65(3,4)5)37-62(72)64(63)70)60-41-55-52(35-45(60)2)68(10,11)43-69(55,12)13/h14-32,35-42H,33-34,43H2,1-13H3. The molecule has 0 radical (unpaired) electrons. The number of hydrogen-bond donors (Lipinski definition) is 0. The molecule has 0 N–H and O–H groups in total. The van der Waals surface area contributed by atoms with Crippen LogP contribution in [0.25, 0.3) is 11.1 Å². The lowest BCUT2D eigenvalue weighted by atomic mass is 9.33. The molecule has 2 heterocycles. The molecule has 0 amide bonds. The maximum absolute atomic E-state index is 2.75. The predicted molar refractivity (Wildman–Crippen MR) is 315 cm³/mol. The fraction of sp³-hybridized carbons (Fsp3) is 0.304. The Balaban J connectivity index is 1.23. The third-order valence-electron chi connectivity index (χ3n) is 17.7. The van der Waals surface area contributed by atoms with Gasteiger partial charge in [-0.15, -0.1) is 0 Å². The van der Waals surface area contributed by atoms with Gasteiger partial charge in [0, 0.05) is 51.2 Å². The lowest BCUT2D eigenvalue weighted by Crippen LogP contribution is -2.62. The van der Waals surface area contributed by atoms with Crippen LogP contribution < -0.4 is 31.1 Å². The zero-order chi connectivity index (χ0) is 51.1. The topological polar surface area (TPSA) is 9.72 Å².